The molecule has 0 saturated carbocycles. The van der Waals surface area contributed by atoms with Crippen molar-refractivity contribution in [3.8, 4) is 0 Å². The molecule has 3 N–H and O–H groups in total. The third-order valence-electron chi connectivity index (χ3n) is 3.22. The summed E-state index contributed by atoms with van der Waals surface area (Å²) in [5, 5.41) is 3.44. The van der Waals surface area contributed by atoms with Crippen molar-refractivity contribution in [2.24, 2.45) is 0 Å². The van der Waals surface area contributed by atoms with Crippen molar-refractivity contribution in [1.29, 1.82) is 0 Å². The molecular weight excluding hydrogens is 297 g/mol. The lowest BCUT2D eigenvalue weighted by molar-refractivity contribution is -0.120. The van der Waals surface area contributed by atoms with Crippen LogP contribution in [0.1, 0.15) is 26.7 Å². The van der Waals surface area contributed by atoms with Crippen LogP contribution < -0.4 is 11.1 Å². The molecule has 1 aromatic rings. The average Bonchev–Trinajstić information content (AvgIpc) is 2.38. The lowest BCUT2D eigenvalue weighted by Gasteiger charge is -2.24. The van der Waals surface area contributed by atoms with Gasteiger partial charge < -0.3 is 11.1 Å². The van der Waals surface area contributed by atoms with Gasteiger partial charge in [-0.3, -0.25) is 9.69 Å². The molecule has 0 aliphatic heterocycles. The van der Waals surface area contributed by atoms with E-state index in [1.165, 1.54) is 0 Å². The van der Waals surface area contributed by atoms with E-state index < -0.39 is 0 Å². The van der Waals surface area contributed by atoms with Gasteiger partial charge in [-0.2, -0.15) is 0 Å². The van der Waals surface area contributed by atoms with Crippen molar-refractivity contribution in [3.63, 3.8) is 0 Å². The number of benzene rings is 1. The summed E-state index contributed by atoms with van der Waals surface area (Å²) in [4.78, 5) is 14.2. The van der Waals surface area contributed by atoms with Crippen LogP contribution in [0.15, 0.2) is 12.1 Å². The molecule has 6 heteroatoms. The second kappa shape index (κ2) is 7.72. The number of anilines is 2. The van der Waals surface area contributed by atoms with Crippen LogP contribution in [0, 0.1) is 0 Å². The summed E-state index contributed by atoms with van der Waals surface area (Å²) in [6, 6.07) is 2.87. The summed E-state index contributed by atoms with van der Waals surface area (Å²) in [6.45, 7) is 4.84. The molecule has 0 saturated heterocycles. The molecule has 0 aliphatic carbocycles. The van der Waals surface area contributed by atoms with Crippen molar-refractivity contribution in [1.82, 2.24) is 4.90 Å². The van der Waals surface area contributed by atoms with Crippen LogP contribution in [0.25, 0.3) is 0 Å². The fourth-order valence-corrected chi connectivity index (χ4v) is 2.34. The summed E-state index contributed by atoms with van der Waals surface area (Å²) in [6.07, 6.45) is 2.14. The Hall–Kier alpha value is -0.970. The number of carbonyl (C=O) groups excluding carboxylic acids is 1. The van der Waals surface area contributed by atoms with Crippen molar-refractivity contribution >= 4 is 40.5 Å². The summed E-state index contributed by atoms with van der Waals surface area (Å²) >= 11 is 12.1. The van der Waals surface area contributed by atoms with E-state index in [2.05, 4.69) is 12.2 Å². The van der Waals surface area contributed by atoms with E-state index >= 15 is 0 Å². The molecule has 20 heavy (non-hydrogen) atoms. The first-order valence-electron chi connectivity index (χ1n) is 6.62. The van der Waals surface area contributed by atoms with Gasteiger partial charge in [-0.1, -0.05) is 36.5 Å². The molecule has 4 nitrogen and oxygen atoms in total. The molecule has 0 spiro atoms. The number of rotatable bonds is 6. The van der Waals surface area contributed by atoms with Crippen molar-refractivity contribution in [2.75, 3.05) is 24.6 Å². The number of unbranched alkanes of at least 4 members (excludes halogenated alkanes) is 1. The number of likely N-dealkylation sites (N-methyl/N-ethyl adjacent to an activating group) is 1. The normalized spacial score (nSPS) is 12.5. The Labute approximate surface area is 130 Å². The fraction of sp³-hybridized carbons (Fsp3) is 0.500. The van der Waals surface area contributed by atoms with Gasteiger partial charge >= 0.3 is 0 Å². The summed E-state index contributed by atoms with van der Waals surface area (Å²) in [5.41, 5.74) is 6.50. The SMILES string of the molecule is CCCCN(C)C(C)C(=O)Nc1c(Cl)cc(N)cc1Cl. The number of nitrogens with zero attached hydrogens (tertiary/aromatic N) is 1. The Balaban J connectivity index is 2.75. The molecule has 1 amide bonds. The minimum absolute atomic E-state index is 0.142. The Kier molecular flexibility index (Phi) is 6.59. The van der Waals surface area contributed by atoms with E-state index in [0.29, 0.717) is 21.4 Å². The predicted octanol–water partition coefficient (Wildman–Crippen LogP) is 3.63. The number of halogens is 2. The van der Waals surface area contributed by atoms with Gasteiger partial charge in [-0.05, 0) is 39.1 Å². The Bertz CT molecular complexity index is 456. The van der Waals surface area contributed by atoms with Crippen LogP contribution in [0.4, 0.5) is 11.4 Å². The van der Waals surface area contributed by atoms with Gasteiger partial charge in [-0.25, -0.2) is 0 Å². The summed E-state index contributed by atoms with van der Waals surface area (Å²) in [5.74, 6) is -0.142. The summed E-state index contributed by atoms with van der Waals surface area (Å²) in [7, 11) is 1.92. The van der Waals surface area contributed by atoms with Gasteiger partial charge in [-0.15, -0.1) is 0 Å². The molecular formula is C14H21Cl2N3O. The Morgan fingerprint density at radius 3 is 2.45 bits per heavy atom. The molecule has 1 atom stereocenters. The van der Waals surface area contributed by atoms with Gasteiger partial charge in [0.2, 0.25) is 5.91 Å². The monoisotopic (exact) mass is 317 g/mol. The number of nitrogens with one attached hydrogen (secondary N) is 1. The van der Waals surface area contributed by atoms with Gasteiger partial charge in [0.1, 0.15) is 0 Å². The number of amides is 1. The molecule has 0 aromatic heterocycles. The Morgan fingerprint density at radius 2 is 1.95 bits per heavy atom. The summed E-state index contributed by atoms with van der Waals surface area (Å²) < 4.78 is 0. The number of nitrogens with two attached hydrogens (primary N) is 1. The third kappa shape index (κ3) is 4.54. The molecule has 0 aliphatic rings. The van der Waals surface area contributed by atoms with Crippen LogP contribution in [0.5, 0.6) is 0 Å². The van der Waals surface area contributed by atoms with E-state index in [0.717, 1.165) is 19.4 Å². The van der Waals surface area contributed by atoms with Gasteiger partial charge in [0.25, 0.3) is 0 Å². The smallest absolute Gasteiger partial charge is 0.241 e. The fourth-order valence-electron chi connectivity index (χ4n) is 1.74. The zero-order valence-electron chi connectivity index (χ0n) is 12.0. The topological polar surface area (TPSA) is 58.4 Å². The predicted molar refractivity (Wildman–Crippen MR) is 86.5 cm³/mol. The van der Waals surface area contributed by atoms with Crippen LogP contribution in [0.3, 0.4) is 0 Å². The maximum absolute atomic E-state index is 12.2. The van der Waals surface area contributed by atoms with Crippen molar-refractivity contribution in [2.45, 2.75) is 32.7 Å². The highest BCUT2D eigenvalue weighted by atomic mass is 35.5. The van der Waals surface area contributed by atoms with Gasteiger partial charge in [0.15, 0.2) is 0 Å². The molecule has 0 bridgehead atoms. The lowest BCUT2D eigenvalue weighted by Crippen LogP contribution is -2.40. The Morgan fingerprint density at radius 1 is 1.40 bits per heavy atom. The van der Waals surface area contributed by atoms with E-state index in [1.54, 1.807) is 12.1 Å². The first kappa shape index (κ1) is 17.1. The average molecular weight is 318 g/mol. The number of hydrogen-bond acceptors (Lipinski definition) is 3. The lowest BCUT2D eigenvalue weighted by atomic mass is 10.2. The standard InChI is InChI=1S/C14H21Cl2N3O/c1-4-5-6-19(3)9(2)14(20)18-13-11(15)7-10(17)8-12(13)16/h7-9H,4-6,17H2,1-3H3,(H,18,20). The first-order chi connectivity index (χ1) is 9.36. The second-order valence-electron chi connectivity index (χ2n) is 4.86. The molecule has 0 radical (unpaired) electrons. The highest BCUT2D eigenvalue weighted by Crippen LogP contribution is 2.32. The number of nitrogen functional groups attached to an aromatic ring is 1. The zero-order chi connectivity index (χ0) is 15.3. The number of hydrogen-bond donors (Lipinski definition) is 2. The van der Waals surface area contributed by atoms with E-state index in [1.807, 2.05) is 18.9 Å². The highest BCUT2D eigenvalue weighted by Gasteiger charge is 2.19. The molecule has 1 rings (SSSR count). The van der Waals surface area contributed by atoms with Crippen LogP contribution in [-0.2, 0) is 4.79 Å². The first-order valence-corrected chi connectivity index (χ1v) is 7.38. The maximum Gasteiger partial charge on any atom is 0.241 e. The molecule has 112 valence electrons. The minimum Gasteiger partial charge on any atom is -0.399 e. The van der Waals surface area contributed by atoms with Gasteiger partial charge in [0, 0.05) is 5.69 Å². The molecule has 0 heterocycles. The minimum atomic E-state index is -0.258. The maximum atomic E-state index is 12.2. The van der Waals surface area contributed by atoms with Crippen molar-refractivity contribution < 1.29 is 4.79 Å². The quantitative estimate of drug-likeness (QED) is 0.787. The number of carbonyl (C=O) groups is 1. The van der Waals surface area contributed by atoms with Crippen LogP contribution >= 0.6 is 23.2 Å². The molecule has 1 aromatic carbocycles. The highest BCUT2D eigenvalue weighted by molar-refractivity contribution is 6.40. The van der Waals surface area contributed by atoms with Gasteiger partial charge in [0.05, 0.1) is 21.8 Å². The zero-order valence-corrected chi connectivity index (χ0v) is 13.6. The largest absolute Gasteiger partial charge is 0.399 e. The third-order valence-corrected chi connectivity index (χ3v) is 3.81. The van der Waals surface area contributed by atoms with Crippen molar-refractivity contribution in [3.05, 3.63) is 22.2 Å². The second-order valence-corrected chi connectivity index (χ2v) is 5.67. The molecule has 1 unspecified atom stereocenters. The van der Waals surface area contributed by atoms with E-state index in [-0.39, 0.29) is 11.9 Å². The molecule has 0 fully saturated rings. The van der Waals surface area contributed by atoms with Crippen LogP contribution in [0.2, 0.25) is 10.0 Å². The van der Waals surface area contributed by atoms with E-state index in [4.69, 9.17) is 28.9 Å². The van der Waals surface area contributed by atoms with Crippen LogP contribution in [-0.4, -0.2) is 30.4 Å². The van der Waals surface area contributed by atoms with E-state index in [9.17, 15) is 4.79 Å².